The zero-order valence-corrected chi connectivity index (χ0v) is 12.1. The van der Waals surface area contributed by atoms with Gasteiger partial charge in [0.05, 0.1) is 7.11 Å². The molecule has 19 heavy (non-hydrogen) atoms. The number of rotatable bonds is 5. The average Bonchev–Trinajstić information content (AvgIpc) is 2.45. The number of hydrogen-bond donors (Lipinski definition) is 2. The summed E-state index contributed by atoms with van der Waals surface area (Å²) in [7, 11) is 1.74. The summed E-state index contributed by atoms with van der Waals surface area (Å²) in [5.74, 6) is 0.974. The minimum absolute atomic E-state index is 0.353. The van der Waals surface area contributed by atoms with Crippen molar-refractivity contribution in [1.82, 2.24) is 5.32 Å². The van der Waals surface area contributed by atoms with Gasteiger partial charge in [0.2, 0.25) is 0 Å². The van der Waals surface area contributed by atoms with Gasteiger partial charge in [-0.15, -0.1) is 0 Å². The Balaban J connectivity index is 2.07. The van der Waals surface area contributed by atoms with Crippen LogP contribution in [0.25, 0.3) is 0 Å². The zero-order chi connectivity index (χ0) is 13.7. The van der Waals surface area contributed by atoms with Crippen molar-refractivity contribution in [1.29, 1.82) is 0 Å². The summed E-state index contributed by atoms with van der Waals surface area (Å²) in [6.07, 6.45) is 5.79. The van der Waals surface area contributed by atoms with E-state index >= 15 is 0 Å². The van der Waals surface area contributed by atoms with Crippen LogP contribution < -0.4 is 15.8 Å². The fourth-order valence-electron chi connectivity index (χ4n) is 3.05. The van der Waals surface area contributed by atoms with Gasteiger partial charge in [-0.25, -0.2) is 0 Å². The summed E-state index contributed by atoms with van der Waals surface area (Å²) in [5, 5.41) is 3.77. The van der Waals surface area contributed by atoms with E-state index in [1.165, 1.54) is 24.8 Å². The van der Waals surface area contributed by atoms with Crippen molar-refractivity contribution in [3.63, 3.8) is 0 Å². The molecule has 0 saturated heterocycles. The van der Waals surface area contributed by atoms with Crippen molar-refractivity contribution in [2.75, 3.05) is 7.11 Å². The third-order valence-corrected chi connectivity index (χ3v) is 4.07. The normalized spacial score (nSPS) is 25.0. The molecule has 0 spiro atoms. The lowest BCUT2D eigenvalue weighted by Crippen LogP contribution is -2.41. The molecule has 0 aromatic heterocycles. The molecule has 0 heterocycles. The molecule has 1 aliphatic carbocycles. The number of nitrogens with one attached hydrogen (secondary N) is 1. The minimum Gasteiger partial charge on any atom is -0.496 e. The Bertz CT molecular complexity index is 394. The van der Waals surface area contributed by atoms with E-state index in [1.807, 2.05) is 12.1 Å². The van der Waals surface area contributed by atoms with Crippen molar-refractivity contribution >= 4 is 0 Å². The highest BCUT2D eigenvalue weighted by Gasteiger charge is 2.23. The van der Waals surface area contributed by atoms with E-state index in [4.69, 9.17) is 10.5 Å². The second kappa shape index (κ2) is 6.92. The molecule has 1 aromatic carbocycles. The van der Waals surface area contributed by atoms with E-state index in [2.05, 4.69) is 24.4 Å². The maximum absolute atomic E-state index is 6.07. The molecular formula is C16H26N2O. The molecule has 106 valence electrons. The third kappa shape index (κ3) is 3.71. The number of benzene rings is 1. The molecule has 1 fully saturated rings. The van der Waals surface area contributed by atoms with Gasteiger partial charge in [0.25, 0.3) is 0 Å². The van der Waals surface area contributed by atoms with E-state index < -0.39 is 0 Å². The van der Waals surface area contributed by atoms with Gasteiger partial charge < -0.3 is 15.8 Å². The fourth-order valence-corrected chi connectivity index (χ4v) is 3.05. The summed E-state index contributed by atoms with van der Waals surface area (Å²) >= 11 is 0. The van der Waals surface area contributed by atoms with Crippen LogP contribution in [0.15, 0.2) is 24.3 Å². The molecule has 1 aliphatic rings. The largest absolute Gasteiger partial charge is 0.496 e. The minimum atomic E-state index is 0.353. The molecule has 1 aromatic rings. The van der Waals surface area contributed by atoms with Crippen LogP contribution in [-0.2, 0) is 0 Å². The zero-order valence-electron chi connectivity index (χ0n) is 12.1. The number of nitrogens with two attached hydrogens (primary N) is 1. The second-order valence-electron chi connectivity index (χ2n) is 5.49. The quantitative estimate of drug-likeness (QED) is 0.857. The molecule has 3 unspecified atom stereocenters. The van der Waals surface area contributed by atoms with Crippen LogP contribution in [0.1, 0.15) is 50.6 Å². The Labute approximate surface area is 116 Å². The molecule has 0 aliphatic heterocycles. The molecule has 3 N–H and O–H groups in total. The van der Waals surface area contributed by atoms with Crippen molar-refractivity contribution in [2.45, 2.75) is 57.2 Å². The van der Waals surface area contributed by atoms with Crippen LogP contribution in [0.4, 0.5) is 0 Å². The van der Waals surface area contributed by atoms with E-state index in [1.54, 1.807) is 7.11 Å². The molecule has 2 rings (SSSR count). The van der Waals surface area contributed by atoms with Crippen LogP contribution in [-0.4, -0.2) is 19.2 Å². The van der Waals surface area contributed by atoms with E-state index in [9.17, 15) is 0 Å². The van der Waals surface area contributed by atoms with Gasteiger partial charge in [0, 0.05) is 23.7 Å². The van der Waals surface area contributed by atoms with Gasteiger partial charge in [-0.1, -0.05) is 31.5 Å². The highest BCUT2D eigenvalue weighted by molar-refractivity contribution is 5.35. The standard InChI is InChI=1S/C16H26N2O/c1-3-15(14-9-4-5-10-16(14)19-2)18-13-8-6-7-12(17)11-13/h4-5,9-10,12-13,15,18H,3,6-8,11,17H2,1-2H3. The molecule has 1 saturated carbocycles. The smallest absolute Gasteiger partial charge is 0.123 e. The first-order chi connectivity index (χ1) is 9.24. The molecule has 0 amide bonds. The van der Waals surface area contributed by atoms with Crippen LogP contribution in [0, 0.1) is 0 Å². The number of hydrogen-bond acceptors (Lipinski definition) is 3. The van der Waals surface area contributed by atoms with Crippen LogP contribution in [0.2, 0.25) is 0 Å². The van der Waals surface area contributed by atoms with Crippen molar-refractivity contribution in [3.05, 3.63) is 29.8 Å². The summed E-state index contributed by atoms with van der Waals surface area (Å²) in [6, 6.07) is 9.54. The van der Waals surface area contributed by atoms with E-state index in [-0.39, 0.29) is 0 Å². The Kier molecular flexibility index (Phi) is 5.23. The van der Waals surface area contributed by atoms with Gasteiger partial charge >= 0.3 is 0 Å². The first kappa shape index (κ1) is 14.4. The highest BCUT2D eigenvalue weighted by Crippen LogP contribution is 2.29. The maximum atomic E-state index is 6.07. The van der Waals surface area contributed by atoms with Gasteiger partial charge in [-0.3, -0.25) is 0 Å². The van der Waals surface area contributed by atoms with Crippen molar-refractivity contribution < 1.29 is 4.74 Å². The molecular weight excluding hydrogens is 236 g/mol. The van der Waals surface area contributed by atoms with E-state index in [0.29, 0.717) is 18.1 Å². The lowest BCUT2D eigenvalue weighted by molar-refractivity contribution is 0.304. The van der Waals surface area contributed by atoms with Crippen molar-refractivity contribution in [3.8, 4) is 5.75 Å². The second-order valence-corrected chi connectivity index (χ2v) is 5.49. The number of ether oxygens (including phenoxy) is 1. The van der Waals surface area contributed by atoms with E-state index in [0.717, 1.165) is 18.6 Å². The Hall–Kier alpha value is -1.06. The lowest BCUT2D eigenvalue weighted by atomic mass is 9.90. The molecule has 0 bridgehead atoms. The first-order valence-corrected chi connectivity index (χ1v) is 7.39. The van der Waals surface area contributed by atoms with Gasteiger partial charge in [0.1, 0.15) is 5.75 Å². The summed E-state index contributed by atoms with van der Waals surface area (Å²) in [5.41, 5.74) is 7.33. The molecule has 0 radical (unpaired) electrons. The summed E-state index contributed by atoms with van der Waals surface area (Å²) in [6.45, 7) is 2.22. The highest BCUT2D eigenvalue weighted by atomic mass is 16.5. The molecule has 3 atom stereocenters. The number of methoxy groups -OCH3 is 1. The van der Waals surface area contributed by atoms with Crippen molar-refractivity contribution in [2.24, 2.45) is 5.73 Å². The Morgan fingerprint density at radius 1 is 1.37 bits per heavy atom. The molecule has 3 heteroatoms. The first-order valence-electron chi connectivity index (χ1n) is 7.39. The average molecular weight is 262 g/mol. The van der Waals surface area contributed by atoms with Gasteiger partial charge in [-0.05, 0) is 31.7 Å². The third-order valence-electron chi connectivity index (χ3n) is 4.07. The van der Waals surface area contributed by atoms with Crippen LogP contribution >= 0.6 is 0 Å². The summed E-state index contributed by atoms with van der Waals surface area (Å²) < 4.78 is 5.47. The van der Waals surface area contributed by atoms with Gasteiger partial charge in [-0.2, -0.15) is 0 Å². The molecule has 3 nitrogen and oxygen atoms in total. The Morgan fingerprint density at radius 2 is 2.16 bits per heavy atom. The predicted molar refractivity (Wildman–Crippen MR) is 79.4 cm³/mol. The van der Waals surface area contributed by atoms with Gasteiger partial charge in [0.15, 0.2) is 0 Å². The topological polar surface area (TPSA) is 47.3 Å². The fraction of sp³-hybridized carbons (Fsp3) is 0.625. The lowest BCUT2D eigenvalue weighted by Gasteiger charge is -2.31. The maximum Gasteiger partial charge on any atom is 0.123 e. The Morgan fingerprint density at radius 3 is 2.84 bits per heavy atom. The summed E-state index contributed by atoms with van der Waals surface area (Å²) in [4.78, 5) is 0. The van der Waals surface area contributed by atoms with Crippen LogP contribution in [0.3, 0.4) is 0 Å². The van der Waals surface area contributed by atoms with Crippen LogP contribution in [0.5, 0.6) is 5.75 Å². The SMILES string of the molecule is CCC(NC1CCCC(N)C1)c1ccccc1OC. The number of para-hydroxylation sites is 1. The predicted octanol–water partition coefficient (Wildman–Crippen LogP) is 3.01. The monoisotopic (exact) mass is 262 g/mol.